The van der Waals surface area contributed by atoms with Gasteiger partial charge in [0.05, 0.1) is 23.0 Å². The number of thiazole rings is 1. The van der Waals surface area contributed by atoms with E-state index in [1.54, 1.807) is 18.4 Å². The number of thioether (sulfide) groups is 1. The van der Waals surface area contributed by atoms with Crippen molar-refractivity contribution in [2.45, 2.75) is 16.3 Å². The van der Waals surface area contributed by atoms with Gasteiger partial charge in [0.15, 0.2) is 5.13 Å². The minimum absolute atomic E-state index is 0.0406. The number of hydrogen-bond acceptors (Lipinski definition) is 5. The van der Waals surface area contributed by atoms with Crippen LogP contribution in [-0.4, -0.2) is 18.1 Å². The number of rotatable bonds is 6. The minimum Gasteiger partial charge on any atom is -0.497 e. The highest BCUT2D eigenvalue weighted by Gasteiger charge is 2.35. The Bertz CT molecular complexity index is 1770. The van der Waals surface area contributed by atoms with E-state index in [4.69, 9.17) is 14.7 Å². The quantitative estimate of drug-likeness (QED) is 0.156. The van der Waals surface area contributed by atoms with E-state index in [1.165, 1.54) is 4.90 Å². The van der Waals surface area contributed by atoms with Gasteiger partial charge in [0.1, 0.15) is 17.2 Å². The molecule has 2 heterocycles. The number of nitrogens with one attached hydrogen (secondary N) is 1. The molecule has 0 saturated heterocycles. The summed E-state index contributed by atoms with van der Waals surface area (Å²) < 4.78 is 6.59. The number of ether oxygens (including phenoxy) is 1. The molecule has 7 rings (SSSR count). The zero-order valence-corrected chi connectivity index (χ0v) is 24.6. The third-order valence-electron chi connectivity index (χ3n) is 7.22. The highest BCUT2D eigenvalue weighted by molar-refractivity contribution is 8.00. The predicted molar refractivity (Wildman–Crippen MR) is 176 cm³/mol. The van der Waals surface area contributed by atoms with Crippen LogP contribution in [0.5, 0.6) is 5.75 Å². The topological polar surface area (TPSA) is 49.8 Å². The highest BCUT2D eigenvalue weighted by atomic mass is 32.2. The Kier molecular flexibility index (Phi) is 7.34. The average Bonchev–Trinajstić information content (AvgIpc) is 3.65. The van der Waals surface area contributed by atoms with Crippen LogP contribution in [-0.2, 0) is 0 Å². The number of anilines is 2. The molecule has 206 valence electrons. The van der Waals surface area contributed by atoms with Gasteiger partial charge in [0.2, 0.25) is 5.96 Å². The number of fused-ring (bicyclic) bond motifs is 2. The zero-order valence-electron chi connectivity index (χ0n) is 22.9. The van der Waals surface area contributed by atoms with Gasteiger partial charge in [0, 0.05) is 4.90 Å². The van der Waals surface area contributed by atoms with Crippen molar-refractivity contribution in [1.82, 2.24) is 4.98 Å². The maximum Gasteiger partial charge on any atom is 0.207 e. The molecule has 0 amide bonds. The molecule has 0 fully saturated rings. The lowest BCUT2D eigenvalue weighted by atomic mass is 9.99. The first-order valence-corrected chi connectivity index (χ1v) is 15.5. The van der Waals surface area contributed by atoms with Crippen LogP contribution in [0.3, 0.4) is 0 Å². The fourth-order valence-corrected chi connectivity index (χ4v) is 7.33. The van der Waals surface area contributed by atoms with Crippen molar-refractivity contribution in [2.75, 3.05) is 17.3 Å². The van der Waals surface area contributed by atoms with Crippen molar-refractivity contribution in [2.24, 2.45) is 4.99 Å². The summed E-state index contributed by atoms with van der Waals surface area (Å²) in [6, 6.07) is 45.8. The molecule has 0 radical (unpaired) electrons. The fraction of sp³-hybridized carbons (Fsp3) is 0.0857. The van der Waals surface area contributed by atoms with Crippen molar-refractivity contribution in [3.05, 3.63) is 150 Å². The molecule has 1 aliphatic rings. The molecular weight excluding hydrogens is 557 g/mol. The van der Waals surface area contributed by atoms with E-state index in [0.717, 1.165) is 49.4 Å². The lowest BCUT2D eigenvalue weighted by molar-refractivity contribution is 0.414. The maximum atomic E-state index is 5.53. The average molecular weight is 585 g/mol. The van der Waals surface area contributed by atoms with Crippen LogP contribution >= 0.6 is 23.1 Å². The lowest BCUT2D eigenvalue weighted by Gasteiger charge is -2.29. The van der Waals surface area contributed by atoms with E-state index >= 15 is 0 Å². The van der Waals surface area contributed by atoms with Crippen LogP contribution in [0.4, 0.5) is 10.8 Å². The first-order valence-electron chi connectivity index (χ1n) is 13.8. The Labute approximate surface area is 253 Å². The summed E-state index contributed by atoms with van der Waals surface area (Å²) in [4.78, 5) is 14.0. The number of benzene rings is 5. The van der Waals surface area contributed by atoms with Gasteiger partial charge in [-0.25, -0.2) is 9.98 Å². The summed E-state index contributed by atoms with van der Waals surface area (Å²) in [7, 11) is 1.70. The Morgan fingerprint density at radius 1 is 0.786 bits per heavy atom. The standard InChI is InChI=1S/C35H28N4OS2/c1-40-27-22-20-26(21-23-27)33-39(29-17-9-11-19-31(29)41-33)34(38-35-36-28-16-8-10-18-30(28)42-35)37-32(24-12-4-2-5-13-24)25-14-6-3-7-15-25/h2-23,32-33H,1H3,(H,36,37,38). The molecule has 0 bridgehead atoms. The second-order valence-electron chi connectivity index (χ2n) is 9.87. The third-order valence-corrected chi connectivity index (χ3v) is 9.48. The van der Waals surface area contributed by atoms with Crippen LogP contribution < -0.4 is 15.0 Å². The Morgan fingerprint density at radius 3 is 2.12 bits per heavy atom. The van der Waals surface area contributed by atoms with Crippen LogP contribution in [0.1, 0.15) is 28.1 Å². The SMILES string of the molecule is COc1ccc(C2Sc3ccccc3N2C(=NC(c2ccccc2)c2ccccc2)Nc2nc3ccccc3s2)cc1. The van der Waals surface area contributed by atoms with Crippen molar-refractivity contribution >= 4 is 50.1 Å². The van der Waals surface area contributed by atoms with E-state index in [0.29, 0.717) is 0 Å². The number of guanidine groups is 1. The van der Waals surface area contributed by atoms with Gasteiger partial charge in [-0.3, -0.25) is 4.90 Å². The molecule has 5 aromatic carbocycles. The number of nitrogens with zero attached hydrogens (tertiary/aromatic N) is 3. The number of aromatic nitrogens is 1. The summed E-state index contributed by atoms with van der Waals surface area (Å²) in [5.41, 5.74) is 5.47. The van der Waals surface area contributed by atoms with Gasteiger partial charge < -0.3 is 10.1 Å². The van der Waals surface area contributed by atoms with Gasteiger partial charge in [0.25, 0.3) is 0 Å². The highest BCUT2D eigenvalue weighted by Crippen LogP contribution is 2.52. The number of hydrogen-bond donors (Lipinski definition) is 1. The molecule has 0 aliphatic carbocycles. The van der Waals surface area contributed by atoms with Crippen LogP contribution in [0, 0.1) is 0 Å². The molecule has 6 aromatic rings. The summed E-state index contributed by atoms with van der Waals surface area (Å²) in [5.74, 6) is 1.57. The number of methoxy groups -OCH3 is 1. The maximum absolute atomic E-state index is 5.53. The molecular formula is C35H28N4OS2. The van der Waals surface area contributed by atoms with Gasteiger partial charge in [-0.05, 0) is 53.1 Å². The first-order chi connectivity index (χ1) is 20.8. The van der Waals surface area contributed by atoms with Crippen LogP contribution in [0.2, 0.25) is 0 Å². The number of aliphatic imine (C=N–C) groups is 1. The Morgan fingerprint density at radius 2 is 1.43 bits per heavy atom. The van der Waals surface area contributed by atoms with Crippen molar-refractivity contribution in [1.29, 1.82) is 0 Å². The molecule has 42 heavy (non-hydrogen) atoms. The zero-order chi connectivity index (χ0) is 28.3. The molecule has 1 unspecified atom stereocenters. The summed E-state index contributed by atoms with van der Waals surface area (Å²) >= 11 is 3.45. The summed E-state index contributed by atoms with van der Waals surface area (Å²) in [5, 5.41) is 4.45. The molecule has 7 heteroatoms. The second kappa shape index (κ2) is 11.7. The van der Waals surface area contributed by atoms with Gasteiger partial charge in [-0.1, -0.05) is 120 Å². The van der Waals surface area contributed by atoms with E-state index in [9.17, 15) is 0 Å². The minimum atomic E-state index is -0.224. The normalized spacial score (nSPS) is 14.8. The molecule has 5 nitrogen and oxygen atoms in total. The molecule has 1 N–H and O–H groups in total. The molecule has 1 aliphatic heterocycles. The predicted octanol–water partition coefficient (Wildman–Crippen LogP) is 9.17. The van der Waals surface area contributed by atoms with Crippen molar-refractivity contribution in [3.8, 4) is 5.75 Å². The van der Waals surface area contributed by atoms with E-state index < -0.39 is 0 Å². The summed E-state index contributed by atoms with van der Waals surface area (Å²) in [6.45, 7) is 0. The van der Waals surface area contributed by atoms with Crippen LogP contribution in [0.15, 0.2) is 143 Å². The van der Waals surface area contributed by atoms with E-state index in [2.05, 4.69) is 101 Å². The molecule has 0 spiro atoms. The molecule has 0 saturated carbocycles. The van der Waals surface area contributed by atoms with Crippen LogP contribution in [0.25, 0.3) is 10.2 Å². The van der Waals surface area contributed by atoms with Gasteiger partial charge in [-0.2, -0.15) is 0 Å². The molecule has 1 aromatic heterocycles. The summed E-state index contributed by atoms with van der Waals surface area (Å²) in [6.07, 6.45) is 0. The Balaban J connectivity index is 1.41. The Hall–Kier alpha value is -4.59. The fourth-order valence-electron chi connectivity index (χ4n) is 5.18. The molecule has 1 atom stereocenters. The van der Waals surface area contributed by atoms with E-state index in [-0.39, 0.29) is 11.4 Å². The largest absolute Gasteiger partial charge is 0.497 e. The first kappa shape index (κ1) is 26.3. The smallest absolute Gasteiger partial charge is 0.207 e. The van der Waals surface area contributed by atoms with E-state index in [1.807, 2.05) is 54.2 Å². The van der Waals surface area contributed by atoms with Crippen molar-refractivity contribution in [3.63, 3.8) is 0 Å². The monoisotopic (exact) mass is 584 g/mol. The van der Waals surface area contributed by atoms with Crippen molar-refractivity contribution < 1.29 is 4.74 Å². The van der Waals surface area contributed by atoms with Gasteiger partial charge >= 0.3 is 0 Å². The number of para-hydroxylation sites is 2. The second-order valence-corrected chi connectivity index (χ2v) is 12.0. The van der Waals surface area contributed by atoms with Gasteiger partial charge in [-0.15, -0.1) is 0 Å². The lowest BCUT2D eigenvalue weighted by Crippen LogP contribution is -2.37. The third kappa shape index (κ3) is 5.24.